The number of carbonyl (C=O) groups excluding carboxylic acids is 1. The largest absolute Gasteiger partial charge is 0.403 e. The molecule has 2 amide bonds. The van der Waals surface area contributed by atoms with Gasteiger partial charge in [0.05, 0.1) is 11.4 Å². The molecule has 25 heavy (non-hydrogen) atoms. The normalized spacial score (nSPS) is 16.6. The van der Waals surface area contributed by atoms with E-state index >= 15 is 0 Å². The first-order valence-corrected chi connectivity index (χ1v) is 8.38. The summed E-state index contributed by atoms with van der Waals surface area (Å²) in [4.78, 5) is 12.3. The fraction of sp³-hybridized carbons (Fsp3) is 0.200. The minimum absolute atomic E-state index is 0.0832. The van der Waals surface area contributed by atoms with Gasteiger partial charge in [-0.3, -0.25) is 5.41 Å². The van der Waals surface area contributed by atoms with Crippen molar-refractivity contribution < 1.29 is 4.79 Å². The van der Waals surface area contributed by atoms with Gasteiger partial charge in [-0.1, -0.05) is 54.6 Å². The Morgan fingerprint density at radius 1 is 1.08 bits per heavy atom. The minimum Gasteiger partial charge on any atom is -0.403 e. The second-order valence-electron chi connectivity index (χ2n) is 6.13. The molecule has 0 saturated heterocycles. The van der Waals surface area contributed by atoms with Crippen molar-refractivity contribution in [3.8, 4) is 0 Å². The molecule has 1 aliphatic rings. The molecule has 1 unspecified atom stereocenters. The van der Waals surface area contributed by atoms with E-state index in [1.807, 2.05) is 42.5 Å². The number of nitrogens with two attached hydrogens (primary N) is 1. The van der Waals surface area contributed by atoms with Gasteiger partial charge in [0.25, 0.3) is 0 Å². The maximum Gasteiger partial charge on any atom is 0.319 e. The molecule has 5 nitrogen and oxygen atoms in total. The molecule has 0 bridgehead atoms. The molecule has 3 rings (SSSR count). The zero-order valence-corrected chi connectivity index (χ0v) is 14.0. The highest BCUT2D eigenvalue weighted by Crippen LogP contribution is 2.21. The lowest BCUT2D eigenvalue weighted by Crippen LogP contribution is -2.45. The lowest BCUT2D eigenvalue weighted by molar-refractivity contribution is 0.238. The Balaban J connectivity index is 1.59. The molecule has 0 fully saturated rings. The SMILES string of the molecule is N=C(/C(=C\N)NC(=O)NC1CCc2ccccc2C1)c1ccccc1. The van der Waals surface area contributed by atoms with Gasteiger partial charge in [0, 0.05) is 17.8 Å². The van der Waals surface area contributed by atoms with Gasteiger partial charge in [0.15, 0.2) is 0 Å². The van der Waals surface area contributed by atoms with E-state index in [-0.39, 0.29) is 17.8 Å². The van der Waals surface area contributed by atoms with Crippen molar-refractivity contribution in [3.63, 3.8) is 0 Å². The van der Waals surface area contributed by atoms with Gasteiger partial charge < -0.3 is 16.4 Å². The molecule has 5 N–H and O–H groups in total. The standard InChI is InChI=1S/C20H22N4O/c21-13-18(19(22)15-7-2-1-3-8-15)24-20(25)23-17-11-10-14-6-4-5-9-16(14)12-17/h1-9,13,17,22H,10-12,21H2,(H2,23,24,25)/b18-13+,22-19?. The molecular formula is C20H22N4O. The van der Waals surface area contributed by atoms with Crippen LogP contribution in [0.1, 0.15) is 23.1 Å². The van der Waals surface area contributed by atoms with Crippen molar-refractivity contribution in [2.75, 3.05) is 0 Å². The molecule has 0 heterocycles. The topological polar surface area (TPSA) is 91.0 Å². The molecule has 0 aliphatic heterocycles. The summed E-state index contributed by atoms with van der Waals surface area (Å²) in [5.74, 6) is 0. The van der Waals surface area contributed by atoms with Gasteiger partial charge in [-0.2, -0.15) is 0 Å². The number of hydrogen-bond acceptors (Lipinski definition) is 3. The molecule has 5 heteroatoms. The Kier molecular flexibility index (Phi) is 5.14. The van der Waals surface area contributed by atoms with Crippen molar-refractivity contribution in [1.82, 2.24) is 10.6 Å². The van der Waals surface area contributed by atoms with Crippen molar-refractivity contribution in [2.24, 2.45) is 5.73 Å². The van der Waals surface area contributed by atoms with Crippen LogP contribution in [0.25, 0.3) is 0 Å². The number of carbonyl (C=O) groups is 1. The van der Waals surface area contributed by atoms with Gasteiger partial charge in [-0.15, -0.1) is 0 Å². The van der Waals surface area contributed by atoms with Crippen LogP contribution < -0.4 is 16.4 Å². The van der Waals surface area contributed by atoms with Crippen LogP contribution in [-0.2, 0) is 12.8 Å². The maximum atomic E-state index is 12.3. The van der Waals surface area contributed by atoms with E-state index in [1.165, 1.54) is 17.3 Å². The number of aryl methyl sites for hydroxylation is 1. The van der Waals surface area contributed by atoms with Gasteiger partial charge in [0.2, 0.25) is 0 Å². The number of benzene rings is 2. The molecule has 2 aromatic carbocycles. The molecule has 0 spiro atoms. The number of nitrogens with one attached hydrogen (secondary N) is 3. The van der Waals surface area contributed by atoms with Crippen LogP contribution in [0.5, 0.6) is 0 Å². The molecule has 2 aromatic rings. The minimum atomic E-state index is -0.332. The van der Waals surface area contributed by atoms with Gasteiger partial charge >= 0.3 is 6.03 Å². The highest BCUT2D eigenvalue weighted by molar-refractivity contribution is 6.11. The summed E-state index contributed by atoms with van der Waals surface area (Å²) in [5.41, 5.74) is 9.43. The summed E-state index contributed by atoms with van der Waals surface area (Å²) < 4.78 is 0. The molecule has 1 atom stereocenters. The van der Waals surface area contributed by atoms with Gasteiger partial charge in [-0.05, 0) is 30.4 Å². The van der Waals surface area contributed by atoms with E-state index in [2.05, 4.69) is 22.8 Å². The van der Waals surface area contributed by atoms with E-state index in [4.69, 9.17) is 11.1 Å². The molecular weight excluding hydrogens is 312 g/mol. The zero-order chi connectivity index (χ0) is 17.6. The highest BCUT2D eigenvalue weighted by Gasteiger charge is 2.20. The summed E-state index contributed by atoms with van der Waals surface area (Å²) in [5, 5.41) is 13.9. The first kappa shape index (κ1) is 16.8. The number of amides is 2. The van der Waals surface area contributed by atoms with Crippen LogP contribution in [0, 0.1) is 5.41 Å². The zero-order valence-electron chi connectivity index (χ0n) is 14.0. The Bertz CT molecular complexity index is 798. The van der Waals surface area contributed by atoms with Gasteiger partial charge in [0.1, 0.15) is 0 Å². The molecule has 1 aliphatic carbocycles. The van der Waals surface area contributed by atoms with E-state index in [0.717, 1.165) is 19.3 Å². The van der Waals surface area contributed by atoms with Crippen LogP contribution in [0.4, 0.5) is 4.79 Å². The Labute approximate surface area is 147 Å². The van der Waals surface area contributed by atoms with E-state index < -0.39 is 0 Å². The Morgan fingerprint density at radius 2 is 1.76 bits per heavy atom. The van der Waals surface area contributed by atoms with Crippen molar-refractivity contribution in [1.29, 1.82) is 5.41 Å². The van der Waals surface area contributed by atoms with E-state index in [9.17, 15) is 4.79 Å². The average molecular weight is 334 g/mol. The predicted molar refractivity (Wildman–Crippen MR) is 99.5 cm³/mol. The number of urea groups is 1. The quantitative estimate of drug-likeness (QED) is 0.648. The second kappa shape index (κ2) is 7.66. The van der Waals surface area contributed by atoms with Crippen LogP contribution >= 0.6 is 0 Å². The number of rotatable bonds is 4. The van der Waals surface area contributed by atoms with Gasteiger partial charge in [-0.25, -0.2) is 4.79 Å². The van der Waals surface area contributed by atoms with Crippen LogP contribution in [0.3, 0.4) is 0 Å². The molecule has 0 saturated carbocycles. The summed E-state index contributed by atoms with van der Waals surface area (Å²) in [6.07, 6.45) is 3.94. The fourth-order valence-electron chi connectivity index (χ4n) is 3.11. The summed E-state index contributed by atoms with van der Waals surface area (Å²) in [6.45, 7) is 0. The van der Waals surface area contributed by atoms with Crippen LogP contribution in [-0.4, -0.2) is 17.8 Å². The fourth-order valence-corrected chi connectivity index (χ4v) is 3.11. The number of fused-ring (bicyclic) bond motifs is 1. The van der Waals surface area contributed by atoms with Crippen molar-refractivity contribution in [3.05, 3.63) is 83.2 Å². The highest BCUT2D eigenvalue weighted by atomic mass is 16.2. The smallest absolute Gasteiger partial charge is 0.319 e. The Morgan fingerprint density at radius 3 is 2.48 bits per heavy atom. The number of hydrogen-bond donors (Lipinski definition) is 4. The summed E-state index contributed by atoms with van der Waals surface area (Å²) in [6, 6.07) is 17.3. The third-order valence-electron chi connectivity index (χ3n) is 4.43. The van der Waals surface area contributed by atoms with Crippen molar-refractivity contribution in [2.45, 2.75) is 25.3 Å². The van der Waals surface area contributed by atoms with Crippen molar-refractivity contribution >= 4 is 11.7 Å². The summed E-state index contributed by atoms with van der Waals surface area (Å²) >= 11 is 0. The predicted octanol–water partition coefficient (Wildman–Crippen LogP) is 2.71. The second-order valence-corrected chi connectivity index (χ2v) is 6.13. The maximum absolute atomic E-state index is 12.3. The van der Waals surface area contributed by atoms with E-state index in [0.29, 0.717) is 11.3 Å². The average Bonchev–Trinajstić information content (AvgIpc) is 2.66. The molecule has 0 radical (unpaired) electrons. The van der Waals surface area contributed by atoms with Crippen LogP contribution in [0.15, 0.2) is 66.5 Å². The lowest BCUT2D eigenvalue weighted by Gasteiger charge is -2.25. The first-order valence-electron chi connectivity index (χ1n) is 8.38. The third kappa shape index (κ3) is 4.07. The molecule has 0 aromatic heterocycles. The lowest BCUT2D eigenvalue weighted by atomic mass is 9.88. The third-order valence-corrected chi connectivity index (χ3v) is 4.43. The number of allylic oxidation sites excluding steroid dienone is 1. The Hall–Kier alpha value is -3.08. The summed E-state index contributed by atoms with van der Waals surface area (Å²) in [7, 11) is 0. The van der Waals surface area contributed by atoms with E-state index in [1.54, 1.807) is 0 Å². The molecule has 128 valence electrons. The first-order chi connectivity index (χ1) is 12.2. The monoisotopic (exact) mass is 334 g/mol. The van der Waals surface area contributed by atoms with Crippen LogP contribution in [0.2, 0.25) is 0 Å².